The number of carbonyl (C=O) groups excluding carboxylic acids is 2. The number of hydrogen-bond donors (Lipinski definition) is 0. The third kappa shape index (κ3) is 40.4. The Kier molecular flexibility index (Phi) is 36.5. The Balaban J connectivity index is 4.33. The van der Waals surface area contributed by atoms with Gasteiger partial charge in [-0.2, -0.15) is 0 Å². The Morgan fingerprint density at radius 2 is 0.944 bits per heavy atom. The number of phosphoric acid groups is 1. The highest BCUT2D eigenvalue weighted by molar-refractivity contribution is 7.45. The molecule has 0 saturated heterocycles. The van der Waals surface area contributed by atoms with Gasteiger partial charge in [-0.3, -0.25) is 14.2 Å². The molecule has 0 bridgehead atoms. The van der Waals surface area contributed by atoms with Crippen molar-refractivity contribution >= 4 is 19.8 Å². The zero-order valence-corrected chi connectivity index (χ0v) is 36.8. The van der Waals surface area contributed by atoms with E-state index < -0.39 is 26.5 Å². The van der Waals surface area contributed by atoms with E-state index in [0.29, 0.717) is 17.4 Å². The second kappa shape index (κ2) is 37.3. The predicted molar refractivity (Wildman–Crippen MR) is 222 cm³/mol. The summed E-state index contributed by atoms with van der Waals surface area (Å²) in [6.07, 6.45) is 38.0. The van der Waals surface area contributed by atoms with E-state index in [1.165, 1.54) is 128 Å². The van der Waals surface area contributed by atoms with Crippen molar-refractivity contribution in [3.05, 3.63) is 12.2 Å². The molecular formula is C44H86NO8P. The van der Waals surface area contributed by atoms with Gasteiger partial charge in [0.15, 0.2) is 6.10 Å². The number of allylic oxidation sites excluding steroid dienone is 2. The van der Waals surface area contributed by atoms with E-state index in [-0.39, 0.29) is 32.0 Å². The van der Waals surface area contributed by atoms with Crippen LogP contribution >= 0.6 is 7.82 Å². The molecule has 0 radical (unpaired) electrons. The first-order valence-electron chi connectivity index (χ1n) is 22.4. The molecule has 9 nitrogen and oxygen atoms in total. The van der Waals surface area contributed by atoms with Gasteiger partial charge < -0.3 is 27.9 Å². The number of quaternary nitrogens is 1. The molecule has 0 fully saturated rings. The molecule has 0 aliphatic carbocycles. The molecule has 0 spiro atoms. The molecule has 1 unspecified atom stereocenters. The smallest absolute Gasteiger partial charge is 0.306 e. The van der Waals surface area contributed by atoms with Crippen molar-refractivity contribution < 1.29 is 42.1 Å². The maximum absolute atomic E-state index is 12.7. The molecule has 0 aromatic carbocycles. The number of hydrogen-bond acceptors (Lipinski definition) is 8. The van der Waals surface area contributed by atoms with Crippen LogP contribution in [0.15, 0.2) is 12.2 Å². The predicted octanol–water partition coefficient (Wildman–Crippen LogP) is 11.9. The lowest BCUT2D eigenvalue weighted by Crippen LogP contribution is -2.37. The van der Waals surface area contributed by atoms with Crippen molar-refractivity contribution in [1.29, 1.82) is 0 Å². The van der Waals surface area contributed by atoms with Gasteiger partial charge in [-0.1, -0.05) is 167 Å². The molecule has 0 heterocycles. The zero-order valence-electron chi connectivity index (χ0n) is 35.9. The Bertz CT molecular complexity index is 938. The molecule has 2 atom stereocenters. The van der Waals surface area contributed by atoms with Crippen molar-refractivity contribution in [2.45, 2.75) is 213 Å². The monoisotopic (exact) mass is 788 g/mol. The molecule has 54 heavy (non-hydrogen) atoms. The topological polar surface area (TPSA) is 111 Å². The lowest BCUT2D eigenvalue weighted by molar-refractivity contribution is -0.870. The van der Waals surface area contributed by atoms with Crippen molar-refractivity contribution in [3.8, 4) is 0 Å². The zero-order chi connectivity index (χ0) is 40.0. The summed E-state index contributed by atoms with van der Waals surface area (Å²) in [6.45, 7) is 4.23. The van der Waals surface area contributed by atoms with E-state index in [1.807, 2.05) is 21.1 Å². The first-order chi connectivity index (χ1) is 26.0. The number of nitrogens with zero attached hydrogens (tertiary/aromatic N) is 1. The Morgan fingerprint density at radius 1 is 0.556 bits per heavy atom. The molecule has 0 aliphatic rings. The molecule has 0 amide bonds. The molecular weight excluding hydrogens is 701 g/mol. The summed E-state index contributed by atoms with van der Waals surface area (Å²) in [7, 11) is 1.17. The first kappa shape index (κ1) is 52.8. The fourth-order valence-electron chi connectivity index (χ4n) is 6.24. The lowest BCUT2D eigenvalue weighted by Gasteiger charge is -2.28. The van der Waals surface area contributed by atoms with Gasteiger partial charge >= 0.3 is 11.9 Å². The molecule has 10 heteroatoms. The van der Waals surface area contributed by atoms with Crippen LogP contribution in [0.5, 0.6) is 0 Å². The van der Waals surface area contributed by atoms with Gasteiger partial charge in [-0.05, 0) is 38.5 Å². The van der Waals surface area contributed by atoms with Crippen LogP contribution in [0, 0.1) is 0 Å². The molecule has 0 aromatic heterocycles. The minimum Gasteiger partial charge on any atom is -0.756 e. The minimum atomic E-state index is -4.62. The molecule has 0 aromatic rings. The number of ether oxygens (including phenoxy) is 2. The lowest BCUT2D eigenvalue weighted by atomic mass is 10.0. The Hall–Kier alpha value is -1.25. The maximum Gasteiger partial charge on any atom is 0.306 e. The van der Waals surface area contributed by atoms with Crippen LogP contribution in [-0.2, 0) is 32.7 Å². The highest BCUT2D eigenvalue weighted by Gasteiger charge is 2.21. The summed E-state index contributed by atoms with van der Waals surface area (Å²) in [5, 5.41) is 0. The van der Waals surface area contributed by atoms with Crippen LogP contribution in [0.1, 0.15) is 206 Å². The van der Waals surface area contributed by atoms with E-state index in [9.17, 15) is 19.0 Å². The fourth-order valence-corrected chi connectivity index (χ4v) is 6.97. The standard InChI is InChI=1S/C44H86NO8P/c1-6-8-10-12-14-16-18-20-22-24-26-28-30-32-34-36-43(46)50-40-42(41-52-54(48,49)51-39-38-45(3,4)5)53-44(47)37-35-33-31-29-27-25-23-21-19-17-15-13-11-9-7-2/h16,18,42H,6-15,17,19-41H2,1-5H3/b18-16-/t42-/m1/s1. The minimum absolute atomic E-state index is 0.0283. The number of unbranched alkanes of at least 4 members (excludes halogenated alkanes) is 25. The number of carbonyl (C=O) groups is 2. The van der Waals surface area contributed by atoms with Gasteiger partial charge in [0.1, 0.15) is 19.8 Å². The normalized spacial score (nSPS) is 13.7. The third-order valence-electron chi connectivity index (χ3n) is 9.79. The van der Waals surface area contributed by atoms with Gasteiger partial charge in [0.25, 0.3) is 7.82 Å². The van der Waals surface area contributed by atoms with Gasteiger partial charge in [0.05, 0.1) is 27.7 Å². The fraction of sp³-hybridized carbons (Fsp3) is 0.909. The van der Waals surface area contributed by atoms with Crippen LogP contribution in [0.3, 0.4) is 0 Å². The quantitative estimate of drug-likeness (QED) is 0.0198. The number of esters is 2. The first-order valence-corrected chi connectivity index (χ1v) is 23.9. The van der Waals surface area contributed by atoms with Gasteiger partial charge in [-0.25, -0.2) is 0 Å². The number of likely N-dealkylation sites (N-methyl/N-ethyl adjacent to an activating group) is 1. The van der Waals surface area contributed by atoms with E-state index in [1.54, 1.807) is 0 Å². The Morgan fingerprint density at radius 3 is 1.39 bits per heavy atom. The Labute approximate surface area is 333 Å². The maximum atomic E-state index is 12.7. The molecule has 320 valence electrons. The summed E-state index contributed by atoms with van der Waals surface area (Å²) < 4.78 is 33.9. The summed E-state index contributed by atoms with van der Waals surface area (Å²) in [6, 6.07) is 0. The van der Waals surface area contributed by atoms with Crippen molar-refractivity contribution in [1.82, 2.24) is 0 Å². The van der Waals surface area contributed by atoms with E-state index in [4.69, 9.17) is 18.5 Å². The third-order valence-corrected chi connectivity index (χ3v) is 10.7. The van der Waals surface area contributed by atoms with Crippen LogP contribution in [-0.4, -0.2) is 70.0 Å². The van der Waals surface area contributed by atoms with E-state index in [0.717, 1.165) is 44.9 Å². The average Bonchev–Trinajstić information content (AvgIpc) is 3.12. The summed E-state index contributed by atoms with van der Waals surface area (Å²) in [4.78, 5) is 37.5. The number of rotatable bonds is 41. The largest absolute Gasteiger partial charge is 0.756 e. The molecule has 0 N–H and O–H groups in total. The highest BCUT2D eigenvalue weighted by atomic mass is 31.2. The summed E-state index contributed by atoms with van der Waals surface area (Å²) >= 11 is 0. The molecule has 0 rings (SSSR count). The number of phosphoric ester groups is 1. The molecule has 0 aliphatic heterocycles. The van der Waals surface area contributed by atoms with Gasteiger partial charge in [-0.15, -0.1) is 0 Å². The van der Waals surface area contributed by atoms with Crippen molar-refractivity contribution in [2.24, 2.45) is 0 Å². The van der Waals surface area contributed by atoms with E-state index in [2.05, 4.69) is 26.0 Å². The summed E-state index contributed by atoms with van der Waals surface area (Å²) in [5.74, 6) is -0.830. The highest BCUT2D eigenvalue weighted by Crippen LogP contribution is 2.38. The van der Waals surface area contributed by atoms with Crippen LogP contribution in [0.2, 0.25) is 0 Å². The second-order valence-electron chi connectivity index (χ2n) is 16.4. The van der Waals surface area contributed by atoms with Crippen LogP contribution in [0.25, 0.3) is 0 Å². The molecule has 0 saturated carbocycles. The SMILES string of the molecule is CCCCCC/C=C\CCCCCCCCCC(=O)OC[C@H](COP(=O)([O-])OCC[N+](C)(C)C)OC(=O)CCCCCCCCCCCCCCCCC. The average molecular weight is 788 g/mol. The van der Waals surface area contributed by atoms with Gasteiger partial charge in [0.2, 0.25) is 0 Å². The van der Waals surface area contributed by atoms with Crippen molar-refractivity contribution in [3.63, 3.8) is 0 Å². The van der Waals surface area contributed by atoms with Crippen LogP contribution < -0.4 is 4.89 Å². The van der Waals surface area contributed by atoms with E-state index >= 15 is 0 Å². The van der Waals surface area contributed by atoms with Crippen LogP contribution in [0.4, 0.5) is 0 Å². The van der Waals surface area contributed by atoms with Crippen molar-refractivity contribution in [2.75, 3.05) is 47.5 Å². The second-order valence-corrected chi connectivity index (χ2v) is 17.8. The van der Waals surface area contributed by atoms with Gasteiger partial charge in [0, 0.05) is 12.8 Å². The summed E-state index contributed by atoms with van der Waals surface area (Å²) in [5.41, 5.74) is 0.